The molecule has 2 amide bonds. The molecular weight excluding hydrogens is 736 g/mol. The van der Waals surface area contributed by atoms with Gasteiger partial charge in [0, 0.05) is 11.3 Å². The van der Waals surface area contributed by atoms with Gasteiger partial charge in [-0.15, -0.1) is 11.8 Å². The van der Waals surface area contributed by atoms with Crippen LogP contribution in [0.2, 0.25) is 0 Å². The first-order chi connectivity index (χ1) is 27.5. The van der Waals surface area contributed by atoms with Gasteiger partial charge in [-0.3, -0.25) is 14.5 Å². The van der Waals surface area contributed by atoms with Crippen LogP contribution in [0.3, 0.4) is 0 Å². The monoisotopic (exact) mass is 774 g/mol. The molecule has 0 aromatic heterocycles. The van der Waals surface area contributed by atoms with Gasteiger partial charge in [0.15, 0.2) is 6.10 Å². The Morgan fingerprint density at radius 2 is 1.12 bits per heavy atom. The molecule has 8 rings (SSSR count). The summed E-state index contributed by atoms with van der Waals surface area (Å²) in [7, 11) is 0. The number of β-lactam (4-membered cyclic amide) rings is 1. The Labute approximate surface area is 331 Å². The van der Waals surface area contributed by atoms with Gasteiger partial charge in [0.05, 0.1) is 6.42 Å². The highest BCUT2D eigenvalue weighted by atomic mass is 32.2. The molecule has 0 spiro atoms. The molecule has 1 fully saturated rings. The molecule has 6 aromatic carbocycles. The molecule has 2 aliphatic heterocycles. The van der Waals surface area contributed by atoms with Crippen molar-refractivity contribution in [1.82, 2.24) is 10.2 Å². The first-order valence-corrected chi connectivity index (χ1v) is 21.3. The predicted molar refractivity (Wildman–Crippen MR) is 226 cm³/mol. The number of rotatable bonds is 11. The van der Waals surface area contributed by atoms with Crippen molar-refractivity contribution in [3.05, 3.63) is 210 Å². The Morgan fingerprint density at radius 1 is 0.679 bits per heavy atom. The van der Waals surface area contributed by atoms with E-state index in [4.69, 9.17) is 9.47 Å². The maximum Gasteiger partial charge on any atom is 0.516 e. The summed E-state index contributed by atoms with van der Waals surface area (Å²) < 4.78 is 12.4. The minimum absolute atomic E-state index is 0.115. The van der Waals surface area contributed by atoms with Crippen molar-refractivity contribution in [3.63, 3.8) is 0 Å². The molecule has 2 aliphatic rings. The highest BCUT2D eigenvalue weighted by molar-refractivity contribution is 8.00. The minimum atomic E-state index is -2.58. The van der Waals surface area contributed by atoms with Crippen molar-refractivity contribution >= 4 is 58.3 Å². The molecule has 1 saturated heterocycles. The number of amides is 2. The number of ether oxygens (including phenoxy) is 2. The first kappa shape index (κ1) is 36.9. The zero-order valence-corrected chi connectivity index (χ0v) is 32.1. The van der Waals surface area contributed by atoms with Crippen LogP contribution in [-0.4, -0.2) is 45.8 Å². The van der Waals surface area contributed by atoms with Gasteiger partial charge in [0.25, 0.3) is 5.91 Å². The number of nitrogens with zero attached hydrogens (tertiary/aromatic N) is 1. The lowest BCUT2D eigenvalue weighted by Gasteiger charge is -2.49. The predicted octanol–water partition coefficient (Wildman–Crippen LogP) is 7.58. The third-order valence-electron chi connectivity index (χ3n) is 9.91. The molecule has 6 aromatic rings. The van der Waals surface area contributed by atoms with Crippen molar-refractivity contribution < 1.29 is 23.9 Å². The normalized spacial score (nSPS) is 16.4. The van der Waals surface area contributed by atoms with Crippen LogP contribution in [0.1, 0.15) is 22.8 Å². The van der Waals surface area contributed by atoms with E-state index in [-0.39, 0.29) is 24.1 Å². The van der Waals surface area contributed by atoms with Gasteiger partial charge >= 0.3 is 6.16 Å². The summed E-state index contributed by atoms with van der Waals surface area (Å²) in [5.74, 6) is 2.14. The molecule has 278 valence electrons. The molecule has 0 aliphatic carbocycles. The SMILES string of the molecule is O=C(Cc1ccccc1)NC1C(=O)N2C(OC(=O)OC(c3ccccc3)c3ccccc3)=C(C=P(c3ccccc3)(c3ccccc3)c3ccccc3)CS[C@@H]12. The molecule has 0 saturated carbocycles. The zero-order valence-electron chi connectivity index (χ0n) is 30.4. The molecule has 7 nitrogen and oxygen atoms in total. The average molecular weight is 775 g/mol. The number of hydrogen-bond donors (Lipinski definition) is 1. The van der Waals surface area contributed by atoms with Gasteiger partial charge in [-0.25, -0.2) is 4.79 Å². The van der Waals surface area contributed by atoms with Crippen LogP contribution in [0.4, 0.5) is 4.79 Å². The summed E-state index contributed by atoms with van der Waals surface area (Å²) in [6, 6.07) is 58.6. The topological polar surface area (TPSA) is 84.9 Å². The third kappa shape index (κ3) is 7.59. The fourth-order valence-corrected chi connectivity index (χ4v) is 12.6. The Hall–Kier alpha value is -6.08. The summed E-state index contributed by atoms with van der Waals surface area (Å²) in [6.07, 6.45) is -1.56. The van der Waals surface area contributed by atoms with Crippen molar-refractivity contribution in [2.24, 2.45) is 0 Å². The molecule has 9 heteroatoms. The quantitative estimate of drug-likeness (QED) is 0.0831. The summed E-state index contributed by atoms with van der Waals surface area (Å²) in [5, 5.41) is 5.78. The molecule has 2 heterocycles. The lowest BCUT2D eigenvalue weighted by molar-refractivity contribution is -0.149. The van der Waals surface area contributed by atoms with Gasteiger partial charge < -0.3 is 14.8 Å². The highest BCUT2D eigenvalue weighted by Crippen LogP contribution is 2.48. The smallest absolute Gasteiger partial charge is 0.421 e. The highest BCUT2D eigenvalue weighted by Gasteiger charge is 2.54. The maximum atomic E-state index is 14.2. The average Bonchev–Trinajstić information content (AvgIpc) is 3.26. The van der Waals surface area contributed by atoms with E-state index < -0.39 is 30.6 Å². The Bertz CT molecular complexity index is 2250. The number of carbonyl (C=O) groups excluding carboxylic acids is 3. The lowest BCUT2D eigenvalue weighted by Crippen LogP contribution is -2.70. The molecule has 0 bridgehead atoms. The fraction of sp³-hybridized carbons (Fsp3) is 0.106. The van der Waals surface area contributed by atoms with E-state index in [2.05, 4.69) is 47.5 Å². The van der Waals surface area contributed by atoms with Crippen molar-refractivity contribution in [3.8, 4) is 0 Å². The van der Waals surface area contributed by atoms with E-state index >= 15 is 0 Å². The molecule has 1 N–H and O–H groups in total. The van der Waals surface area contributed by atoms with Gasteiger partial charge in [0.1, 0.15) is 11.4 Å². The summed E-state index contributed by atoms with van der Waals surface area (Å²) in [5.41, 5.74) is 3.09. The van der Waals surface area contributed by atoms with Gasteiger partial charge in [-0.2, -0.15) is 0 Å². The van der Waals surface area contributed by atoms with Crippen LogP contribution in [0, 0.1) is 0 Å². The van der Waals surface area contributed by atoms with E-state index in [1.165, 1.54) is 16.7 Å². The summed E-state index contributed by atoms with van der Waals surface area (Å²) in [4.78, 5) is 43.0. The van der Waals surface area contributed by atoms with Crippen molar-refractivity contribution in [1.29, 1.82) is 0 Å². The van der Waals surface area contributed by atoms with Gasteiger partial charge in [-0.05, 0) is 45.3 Å². The second kappa shape index (κ2) is 16.7. The zero-order chi connectivity index (χ0) is 38.3. The standard InChI is InChI=1S/C47H39N2O5PS/c50-41(31-34-19-7-1-8-20-34)48-42-44(51)49-45(54-47(52)53-43(35-21-9-2-10-22-35)36-23-11-3-12-24-36)37(33-56-46(42)49)32-55(38-25-13-4-14-26-38,39-27-15-5-16-28-39)40-29-17-6-18-30-40/h1-30,32,42-43,46H,31,33H2,(H,48,50)/t42?,46-/m0/s1. The Kier molecular flexibility index (Phi) is 11.0. The van der Waals surface area contributed by atoms with E-state index in [1.54, 1.807) is 0 Å². The van der Waals surface area contributed by atoms with E-state index in [0.29, 0.717) is 11.3 Å². The molecule has 2 atom stereocenters. The summed E-state index contributed by atoms with van der Waals surface area (Å²) in [6.45, 7) is -2.58. The summed E-state index contributed by atoms with van der Waals surface area (Å²) >= 11 is 1.53. The van der Waals surface area contributed by atoms with E-state index in [9.17, 15) is 14.4 Å². The van der Waals surface area contributed by atoms with Crippen LogP contribution in [0.5, 0.6) is 0 Å². The fourth-order valence-electron chi connectivity index (χ4n) is 7.27. The number of fused-ring (bicyclic) bond motifs is 1. The second-order valence-electron chi connectivity index (χ2n) is 13.5. The minimum Gasteiger partial charge on any atom is -0.421 e. The van der Waals surface area contributed by atoms with Crippen LogP contribution >= 0.6 is 18.6 Å². The van der Waals surface area contributed by atoms with Crippen LogP contribution < -0.4 is 21.2 Å². The van der Waals surface area contributed by atoms with Crippen LogP contribution in [0.25, 0.3) is 0 Å². The number of carbonyl (C=O) groups is 3. The molecule has 0 radical (unpaired) electrons. The maximum absolute atomic E-state index is 14.2. The third-order valence-corrected chi connectivity index (χ3v) is 15.2. The van der Waals surface area contributed by atoms with Crippen LogP contribution in [-0.2, 0) is 25.5 Å². The molecule has 1 unspecified atom stereocenters. The number of hydrogen-bond acceptors (Lipinski definition) is 6. The number of thioether (sulfide) groups is 1. The largest absolute Gasteiger partial charge is 0.516 e. The van der Waals surface area contributed by atoms with E-state index in [0.717, 1.165) is 32.6 Å². The van der Waals surface area contributed by atoms with Crippen molar-refractivity contribution in [2.75, 3.05) is 5.75 Å². The van der Waals surface area contributed by atoms with Gasteiger partial charge in [-0.1, -0.05) is 182 Å². The van der Waals surface area contributed by atoms with Crippen molar-refractivity contribution in [2.45, 2.75) is 23.9 Å². The second-order valence-corrected chi connectivity index (χ2v) is 17.8. The molecule has 56 heavy (non-hydrogen) atoms. The van der Waals surface area contributed by atoms with Gasteiger partial charge in [0.2, 0.25) is 11.8 Å². The lowest BCUT2D eigenvalue weighted by atomic mass is 10.0. The Morgan fingerprint density at radius 3 is 1.61 bits per heavy atom. The first-order valence-electron chi connectivity index (χ1n) is 18.4. The Balaban J connectivity index is 1.23. The van der Waals surface area contributed by atoms with Crippen LogP contribution in [0.15, 0.2) is 193 Å². The number of nitrogens with one attached hydrogen (secondary N) is 1. The number of benzene rings is 6. The van der Waals surface area contributed by atoms with E-state index in [1.807, 2.05) is 146 Å². The molecular formula is C47H39N2O5PS.